The lowest BCUT2D eigenvalue weighted by atomic mass is 10.3. The van der Waals surface area contributed by atoms with Gasteiger partial charge in [0, 0.05) is 12.5 Å². The summed E-state index contributed by atoms with van der Waals surface area (Å²) in [6, 6.07) is 3.17. The summed E-state index contributed by atoms with van der Waals surface area (Å²) in [7, 11) is 0. The van der Waals surface area contributed by atoms with E-state index in [1.165, 1.54) is 0 Å². The normalized spacial score (nSPS) is 20.6. The van der Waals surface area contributed by atoms with E-state index in [9.17, 15) is 0 Å². The lowest BCUT2D eigenvalue weighted by molar-refractivity contribution is -0.0389. The third kappa shape index (κ3) is 2.70. The second-order valence-electron chi connectivity index (χ2n) is 3.26. The Morgan fingerprint density at radius 3 is 2.53 bits per heavy atom. The van der Waals surface area contributed by atoms with Gasteiger partial charge in [-0.15, -0.1) is 0 Å². The van der Waals surface area contributed by atoms with E-state index < -0.39 is 0 Å². The molecule has 5 heteroatoms. The molecular formula is C10H9Cl3O2. The summed E-state index contributed by atoms with van der Waals surface area (Å²) in [4.78, 5) is 0. The van der Waals surface area contributed by atoms with E-state index in [2.05, 4.69) is 0 Å². The second kappa shape index (κ2) is 4.79. The van der Waals surface area contributed by atoms with Gasteiger partial charge in [0.2, 0.25) is 0 Å². The van der Waals surface area contributed by atoms with Crippen molar-refractivity contribution in [1.29, 1.82) is 0 Å². The first-order valence-corrected chi connectivity index (χ1v) is 5.73. The minimum atomic E-state index is -0.222. The van der Waals surface area contributed by atoms with E-state index in [1.807, 2.05) is 0 Å². The summed E-state index contributed by atoms with van der Waals surface area (Å²) in [6.45, 7) is 0.726. The topological polar surface area (TPSA) is 18.5 Å². The highest BCUT2D eigenvalue weighted by atomic mass is 35.5. The lowest BCUT2D eigenvalue weighted by Gasteiger charge is -2.14. The fourth-order valence-corrected chi connectivity index (χ4v) is 1.96. The van der Waals surface area contributed by atoms with Crippen molar-refractivity contribution < 1.29 is 9.47 Å². The minimum absolute atomic E-state index is 0.222. The van der Waals surface area contributed by atoms with Gasteiger partial charge in [-0.2, -0.15) is 0 Å². The molecule has 2 nitrogen and oxygen atoms in total. The van der Waals surface area contributed by atoms with Gasteiger partial charge in [-0.1, -0.05) is 34.8 Å². The van der Waals surface area contributed by atoms with Crippen LogP contribution in [-0.2, 0) is 4.74 Å². The summed E-state index contributed by atoms with van der Waals surface area (Å²) in [5, 5.41) is 1.29. The van der Waals surface area contributed by atoms with Gasteiger partial charge in [-0.05, 0) is 12.5 Å². The Morgan fingerprint density at radius 2 is 1.87 bits per heavy atom. The minimum Gasteiger partial charge on any atom is -0.463 e. The number of hydrogen-bond donors (Lipinski definition) is 0. The molecule has 0 saturated carbocycles. The largest absolute Gasteiger partial charge is 0.463 e. The van der Waals surface area contributed by atoms with Gasteiger partial charge in [0.05, 0.1) is 21.7 Å². The van der Waals surface area contributed by atoms with Crippen molar-refractivity contribution in [3.05, 3.63) is 27.2 Å². The molecule has 15 heavy (non-hydrogen) atoms. The SMILES string of the molecule is Clc1cc(Cl)c(OC2CCCO2)cc1Cl. The Hall–Kier alpha value is -0.150. The predicted octanol–water partition coefficient (Wildman–Crippen LogP) is 4.16. The molecule has 0 N–H and O–H groups in total. The zero-order valence-corrected chi connectivity index (χ0v) is 10.1. The third-order valence-corrected chi connectivity index (χ3v) is 3.14. The zero-order chi connectivity index (χ0) is 10.8. The highest BCUT2D eigenvalue weighted by Crippen LogP contribution is 2.35. The highest BCUT2D eigenvalue weighted by molar-refractivity contribution is 6.43. The maximum absolute atomic E-state index is 5.96. The Morgan fingerprint density at radius 1 is 1.13 bits per heavy atom. The highest BCUT2D eigenvalue weighted by Gasteiger charge is 2.18. The molecule has 1 atom stereocenters. The van der Waals surface area contributed by atoms with Gasteiger partial charge >= 0.3 is 0 Å². The summed E-state index contributed by atoms with van der Waals surface area (Å²) < 4.78 is 10.9. The van der Waals surface area contributed by atoms with Crippen LogP contribution >= 0.6 is 34.8 Å². The average molecular weight is 268 g/mol. The first-order chi connectivity index (χ1) is 7.16. The molecule has 0 aromatic heterocycles. The van der Waals surface area contributed by atoms with Gasteiger partial charge in [0.25, 0.3) is 0 Å². The Balaban J connectivity index is 2.16. The molecule has 1 fully saturated rings. The zero-order valence-electron chi connectivity index (χ0n) is 7.80. The second-order valence-corrected chi connectivity index (χ2v) is 4.48. The Labute approximate surface area is 103 Å². The molecule has 0 spiro atoms. The van der Waals surface area contributed by atoms with Crippen LogP contribution in [0.5, 0.6) is 5.75 Å². The van der Waals surface area contributed by atoms with Crippen molar-refractivity contribution in [1.82, 2.24) is 0 Å². The molecule has 1 aliphatic heterocycles. The summed E-state index contributed by atoms with van der Waals surface area (Å²) in [6.07, 6.45) is 1.65. The average Bonchev–Trinajstić information content (AvgIpc) is 2.67. The molecular weight excluding hydrogens is 258 g/mol. The summed E-state index contributed by atoms with van der Waals surface area (Å²) >= 11 is 17.6. The smallest absolute Gasteiger partial charge is 0.199 e. The van der Waals surface area contributed by atoms with Crippen LogP contribution in [0.2, 0.25) is 15.1 Å². The molecule has 0 bridgehead atoms. The molecule has 1 unspecified atom stereocenters. The summed E-state index contributed by atoms with van der Waals surface area (Å²) in [5.41, 5.74) is 0. The molecule has 0 amide bonds. The number of hydrogen-bond acceptors (Lipinski definition) is 2. The van der Waals surface area contributed by atoms with Crippen molar-refractivity contribution in [2.24, 2.45) is 0 Å². The van der Waals surface area contributed by atoms with E-state index >= 15 is 0 Å². The maximum Gasteiger partial charge on any atom is 0.199 e. The van der Waals surface area contributed by atoms with E-state index in [1.54, 1.807) is 12.1 Å². The van der Waals surface area contributed by atoms with Crippen LogP contribution in [0.25, 0.3) is 0 Å². The molecule has 82 valence electrons. The van der Waals surface area contributed by atoms with Gasteiger partial charge in [0.1, 0.15) is 5.75 Å². The molecule has 1 saturated heterocycles. The van der Waals surface area contributed by atoms with Crippen LogP contribution in [0, 0.1) is 0 Å². The van der Waals surface area contributed by atoms with Crippen LogP contribution in [0.3, 0.4) is 0 Å². The van der Waals surface area contributed by atoms with Crippen LogP contribution in [0.15, 0.2) is 12.1 Å². The molecule has 2 rings (SSSR count). The third-order valence-electron chi connectivity index (χ3n) is 2.12. The molecule has 1 aromatic carbocycles. The van der Waals surface area contributed by atoms with E-state index in [0.29, 0.717) is 20.8 Å². The van der Waals surface area contributed by atoms with Crippen molar-refractivity contribution in [3.63, 3.8) is 0 Å². The molecule has 0 radical (unpaired) electrons. The standard InChI is InChI=1S/C10H9Cl3O2/c11-6-4-8(13)9(5-7(6)12)15-10-2-1-3-14-10/h4-5,10H,1-3H2. The molecule has 1 heterocycles. The van der Waals surface area contributed by atoms with Crippen LogP contribution in [-0.4, -0.2) is 12.9 Å². The van der Waals surface area contributed by atoms with Gasteiger partial charge in [-0.25, -0.2) is 0 Å². The molecule has 1 aromatic rings. The van der Waals surface area contributed by atoms with Gasteiger partial charge in [0.15, 0.2) is 6.29 Å². The summed E-state index contributed by atoms with van der Waals surface area (Å²) in [5.74, 6) is 0.512. The van der Waals surface area contributed by atoms with Crippen molar-refractivity contribution >= 4 is 34.8 Å². The van der Waals surface area contributed by atoms with Crippen LogP contribution in [0.4, 0.5) is 0 Å². The first-order valence-electron chi connectivity index (χ1n) is 4.59. The monoisotopic (exact) mass is 266 g/mol. The fourth-order valence-electron chi connectivity index (χ4n) is 1.38. The van der Waals surface area contributed by atoms with Crippen LogP contribution < -0.4 is 4.74 Å². The number of rotatable bonds is 2. The lowest BCUT2D eigenvalue weighted by Crippen LogP contribution is -2.14. The van der Waals surface area contributed by atoms with Gasteiger partial charge in [-0.3, -0.25) is 0 Å². The van der Waals surface area contributed by atoms with Crippen LogP contribution in [0.1, 0.15) is 12.8 Å². The van der Waals surface area contributed by atoms with Crippen molar-refractivity contribution in [2.45, 2.75) is 19.1 Å². The van der Waals surface area contributed by atoms with E-state index in [4.69, 9.17) is 44.3 Å². The fraction of sp³-hybridized carbons (Fsp3) is 0.400. The predicted molar refractivity (Wildman–Crippen MR) is 61.1 cm³/mol. The van der Waals surface area contributed by atoms with Gasteiger partial charge < -0.3 is 9.47 Å². The molecule has 0 aliphatic carbocycles. The Bertz CT molecular complexity index is 362. The van der Waals surface area contributed by atoms with Crippen molar-refractivity contribution in [2.75, 3.05) is 6.61 Å². The van der Waals surface area contributed by atoms with E-state index in [-0.39, 0.29) is 6.29 Å². The number of halogens is 3. The number of benzene rings is 1. The maximum atomic E-state index is 5.96. The van der Waals surface area contributed by atoms with E-state index in [0.717, 1.165) is 19.4 Å². The Kier molecular flexibility index (Phi) is 3.62. The first kappa shape index (κ1) is 11.3. The van der Waals surface area contributed by atoms with Crippen molar-refractivity contribution in [3.8, 4) is 5.75 Å². The molecule has 1 aliphatic rings. The quantitative estimate of drug-likeness (QED) is 0.749. The number of ether oxygens (including phenoxy) is 2.